The maximum Gasteiger partial charge on any atom is 0.410 e. The van der Waals surface area contributed by atoms with E-state index in [0.29, 0.717) is 47.2 Å². The van der Waals surface area contributed by atoms with Crippen molar-refractivity contribution in [2.45, 2.75) is 88.6 Å². The van der Waals surface area contributed by atoms with Crippen LogP contribution >= 0.6 is 0 Å². The third kappa shape index (κ3) is 5.71. The highest BCUT2D eigenvalue weighted by molar-refractivity contribution is 6.02. The van der Waals surface area contributed by atoms with Crippen LogP contribution < -0.4 is 9.64 Å². The summed E-state index contributed by atoms with van der Waals surface area (Å²) < 4.78 is 44.1. The average Bonchev–Trinajstić information content (AvgIpc) is 3.76. The van der Waals surface area contributed by atoms with E-state index in [2.05, 4.69) is 25.7 Å². The van der Waals surface area contributed by atoms with Gasteiger partial charge in [-0.05, 0) is 77.3 Å². The number of aromatic nitrogens is 3. The third-order valence-corrected chi connectivity index (χ3v) is 11.1. The van der Waals surface area contributed by atoms with Gasteiger partial charge in [-0.2, -0.15) is 9.97 Å². The summed E-state index contributed by atoms with van der Waals surface area (Å²) in [7, 11) is 0. The first-order chi connectivity index (χ1) is 24.5. The Morgan fingerprint density at radius 3 is 2.61 bits per heavy atom. The zero-order chi connectivity index (χ0) is 35.7. The molecule has 1 N–H and O–H groups in total. The van der Waals surface area contributed by atoms with Crippen molar-refractivity contribution in [1.29, 1.82) is 0 Å². The maximum atomic E-state index is 17.0. The van der Waals surface area contributed by atoms with Gasteiger partial charge < -0.3 is 19.5 Å². The third-order valence-electron chi connectivity index (χ3n) is 11.1. The molecule has 2 aromatic heterocycles. The van der Waals surface area contributed by atoms with Crippen molar-refractivity contribution in [3.63, 3.8) is 0 Å². The largest absolute Gasteiger partial charge is 0.461 e. The molecule has 4 saturated heterocycles. The Morgan fingerprint density at radius 2 is 1.88 bits per heavy atom. The van der Waals surface area contributed by atoms with E-state index in [0.717, 1.165) is 45.1 Å². The zero-order valence-corrected chi connectivity index (χ0v) is 29.2. The lowest BCUT2D eigenvalue weighted by Gasteiger charge is -2.42. The molecule has 4 fully saturated rings. The second kappa shape index (κ2) is 12.6. The fraction of sp³-hybridized carbons (Fsp3) is 0.487. The Hall–Kier alpha value is -4.60. The summed E-state index contributed by atoms with van der Waals surface area (Å²) in [6, 6.07) is 8.06. The van der Waals surface area contributed by atoms with Crippen LogP contribution in [0.3, 0.4) is 0 Å². The highest BCUT2D eigenvalue weighted by Gasteiger charge is 2.50. The van der Waals surface area contributed by atoms with E-state index >= 15 is 4.39 Å². The minimum atomic E-state index is -0.696. The number of piperazine rings is 1. The highest BCUT2D eigenvalue weighted by atomic mass is 19.1. The standard InChI is InChI=1S/C39H42F2N6O4/c1-5-27-30(40)13-10-23-8-6-9-28(31(23)27)33-32(41)34-29(18-42-33)35(45-19-24-11-12-25(20-45)47(24)37(49)51-38(2,3)4)44-36(43-34)50-22-39-15-7-17-46(39)26(21-48)14-16-39/h1,6,8-10,13,18,24-26,48H,7,11-12,14-17,19-22H2,2-4H3/t24?,25?,26-,39+/m1/s1. The Kier molecular flexibility index (Phi) is 8.26. The predicted octanol–water partition coefficient (Wildman–Crippen LogP) is 6.06. The van der Waals surface area contributed by atoms with Gasteiger partial charge in [0.1, 0.15) is 35.1 Å². The van der Waals surface area contributed by atoms with Crippen LogP contribution in [0, 0.1) is 24.0 Å². The molecule has 2 bridgehead atoms. The molecule has 266 valence electrons. The van der Waals surface area contributed by atoms with E-state index < -0.39 is 17.2 Å². The highest BCUT2D eigenvalue weighted by Crippen LogP contribution is 2.43. The monoisotopic (exact) mass is 696 g/mol. The summed E-state index contributed by atoms with van der Waals surface area (Å²) in [5, 5.41) is 11.5. The van der Waals surface area contributed by atoms with Crippen molar-refractivity contribution < 1.29 is 28.2 Å². The van der Waals surface area contributed by atoms with Crippen LogP contribution in [0.1, 0.15) is 64.9 Å². The van der Waals surface area contributed by atoms with Crippen molar-refractivity contribution in [2.24, 2.45) is 0 Å². The number of pyridine rings is 1. The second-order valence-electron chi connectivity index (χ2n) is 15.3. The number of hydrogen-bond donors (Lipinski definition) is 1. The molecule has 10 nitrogen and oxygen atoms in total. The summed E-state index contributed by atoms with van der Waals surface area (Å²) in [6.07, 6.45) is 12.3. The van der Waals surface area contributed by atoms with E-state index in [1.165, 1.54) is 6.07 Å². The van der Waals surface area contributed by atoms with Crippen molar-refractivity contribution in [1.82, 2.24) is 24.8 Å². The van der Waals surface area contributed by atoms with E-state index in [-0.39, 0.29) is 59.1 Å². The Labute approximate surface area is 295 Å². The second-order valence-corrected chi connectivity index (χ2v) is 15.3. The quantitative estimate of drug-likeness (QED) is 0.241. The van der Waals surface area contributed by atoms with Gasteiger partial charge in [0, 0.05) is 36.3 Å². The van der Waals surface area contributed by atoms with Crippen molar-refractivity contribution in [3.05, 3.63) is 53.7 Å². The molecule has 6 heterocycles. The Balaban J connectivity index is 1.21. The first kappa shape index (κ1) is 33.5. The average molecular weight is 697 g/mol. The molecule has 4 atom stereocenters. The van der Waals surface area contributed by atoms with Gasteiger partial charge in [-0.3, -0.25) is 14.8 Å². The summed E-state index contributed by atoms with van der Waals surface area (Å²) in [5.74, 6) is 1.64. The number of rotatable bonds is 6. The lowest BCUT2D eigenvalue weighted by molar-refractivity contribution is 0.0122. The van der Waals surface area contributed by atoms with Gasteiger partial charge in [-0.15, -0.1) is 6.42 Å². The molecule has 51 heavy (non-hydrogen) atoms. The van der Waals surface area contributed by atoms with Crippen molar-refractivity contribution >= 4 is 33.6 Å². The van der Waals surface area contributed by atoms with Gasteiger partial charge in [0.05, 0.1) is 35.2 Å². The molecule has 8 rings (SSSR count). The minimum absolute atomic E-state index is 0.0113. The molecule has 2 aromatic carbocycles. The topological polar surface area (TPSA) is 104 Å². The van der Waals surface area contributed by atoms with Gasteiger partial charge in [0.15, 0.2) is 5.82 Å². The molecular formula is C39H42F2N6O4. The molecule has 0 radical (unpaired) electrons. The molecule has 0 saturated carbocycles. The molecular weight excluding hydrogens is 654 g/mol. The molecule has 4 aliphatic rings. The number of ether oxygens (including phenoxy) is 2. The van der Waals surface area contributed by atoms with Gasteiger partial charge in [0.2, 0.25) is 0 Å². The van der Waals surface area contributed by atoms with Gasteiger partial charge >= 0.3 is 12.1 Å². The molecule has 4 aliphatic heterocycles. The maximum absolute atomic E-state index is 17.0. The van der Waals surface area contributed by atoms with E-state index in [9.17, 15) is 14.3 Å². The number of fused-ring (bicyclic) bond motifs is 5. The normalized spacial score (nSPS) is 24.7. The fourth-order valence-electron chi connectivity index (χ4n) is 8.90. The fourth-order valence-corrected chi connectivity index (χ4v) is 8.90. The number of anilines is 1. The number of terminal acetylenes is 1. The first-order valence-corrected chi connectivity index (χ1v) is 17.8. The Bertz CT molecular complexity index is 2070. The number of aliphatic hydroxyl groups is 1. The Morgan fingerprint density at radius 1 is 1.10 bits per heavy atom. The first-order valence-electron chi connectivity index (χ1n) is 17.8. The zero-order valence-electron chi connectivity index (χ0n) is 29.2. The van der Waals surface area contributed by atoms with E-state index in [4.69, 9.17) is 20.9 Å². The minimum Gasteiger partial charge on any atom is -0.461 e. The van der Waals surface area contributed by atoms with E-state index in [1.807, 2.05) is 25.7 Å². The van der Waals surface area contributed by atoms with Crippen LogP contribution in [0.25, 0.3) is 32.9 Å². The number of carbonyl (C=O) groups excluding carboxylic acids is 1. The lowest BCUT2D eigenvalue weighted by atomic mass is 9.95. The number of nitrogens with zero attached hydrogens (tertiary/aromatic N) is 6. The molecule has 2 unspecified atom stereocenters. The number of hydrogen-bond acceptors (Lipinski definition) is 9. The number of aliphatic hydroxyl groups excluding tert-OH is 1. The number of halogens is 2. The van der Waals surface area contributed by atoms with Gasteiger partial charge in [-0.1, -0.05) is 30.2 Å². The SMILES string of the molecule is C#Cc1c(F)ccc2cccc(-c3ncc4c(N5CC6CCC(C5)N6C(=O)OC(C)(C)C)nc(OC[C@@]56CCCN5[C@@H](CO)CC6)nc4c3F)c12. The van der Waals surface area contributed by atoms with Crippen LogP contribution in [-0.4, -0.2) is 98.1 Å². The lowest BCUT2D eigenvalue weighted by Crippen LogP contribution is -2.57. The predicted molar refractivity (Wildman–Crippen MR) is 189 cm³/mol. The molecule has 1 amide bonds. The van der Waals surface area contributed by atoms with Crippen LogP contribution in [0.2, 0.25) is 0 Å². The number of carbonyl (C=O) groups is 1. The van der Waals surface area contributed by atoms with Gasteiger partial charge in [0.25, 0.3) is 0 Å². The van der Waals surface area contributed by atoms with Crippen molar-refractivity contribution in [2.75, 3.05) is 37.7 Å². The molecule has 0 spiro atoms. The number of benzene rings is 2. The van der Waals surface area contributed by atoms with Crippen LogP contribution in [0.15, 0.2) is 36.5 Å². The molecule has 4 aromatic rings. The van der Waals surface area contributed by atoms with Crippen LogP contribution in [-0.2, 0) is 4.74 Å². The van der Waals surface area contributed by atoms with Crippen LogP contribution in [0.4, 0.5) is 19.4 Å². The summed E-state index contributed by atoms with van der Waals surface area (Å²) >= 11 is 0. The summed E-state index contributed by atoms with van der Waals surface area (Å²) in [5.41, 5.74) is -0.461. The molecule has 0 aliphatic carbocycles. The summed E-state index contributed by atoms with van der Waals surface area (Å²) in [4.78, 5) is 33.6. The van der Waals surface area contributed by atoms with E-state index in [1.54, 1.807) is 30.5 Å². The van der Waals surface area contributed by atoms with Crippen molar-refractivity contribution in [3.8, 4) is 29.6 Å². The van der Waals surface area contributed by atoms with Gasteiger partial charge in [-0.25, -0.2) is 13.6 Å². The summed E-state index contributed by atoms with van der Waals surface area (Å²) in [6.45, 7) is 7.79. The number of amides is 1. The smallest absolute Gasteiger partial charge is 0.410 e. The van der Waals surface area contributed by atoms with Crippen LogP contribution in [0.5, 0.6) is 6.01 Å². The molecule has 12 heteroatoms.